The third kappa shape index (κ3) is 4.80. The number of carbonyl (C=O) groups is 2. The monoisotopic (exact) mass is 280 g/mol. The molecule has 0 saturated heterocycles. The molecule has 1 unspecified atom stereocenters. The van der Waals surface area contributed by atoms with Gasteiger partial charge in [-0.3, -0.25) is 9.59 Å². The molecule has 2 amide bonds. The number of nitrogens with one attached hydrogen (secondary N) is 2. The fraction of sp³-hybridized carbons (Fsp3) is 0.875. The molecule has 2 aliphatic rings. The van der Waals surface area contributed by atoms with Crippen molar-refractivity contribution in [3.05, 3.63) is 0 Å². The summed E-state index contributed by atoms with van der Waals surface area (Å²) in [5.74, 6) is 2.03. The molecule has 4 nitrogen and oxygen atoms in total. The molecule has 0 aromatic rings. The van der Waals surface area contributed by atoms with E-state index in [1.807, 2.05) is 20.8 Å². The van der Waals surface area contributed by atoms with Crippen LogP contribution in [0.25, 0.3) is 0 Å². The largest absolute Gasteiger partial charge is 0.350 e. The number of carbonyl (C=O) groups excluding carboxylic acids is 2. The van der Waals surface area contributed by atoms with E-state index in [-0.39, 0.29) is 17.4 Å². The summed E-state index contributed by atoms with van der Waals surface area (Å²) in [4.78, 5) is 24.1. The Morgan fingerprint density at radius 3 is 2.00 bits per heavy atom. The van der Waals surface area contributed by atoms with Crippen molar-refractivity contribution in [3.8, 4) is 0 Å². The van der Waals surface area contributed by atoms with Gasteiger partial charge in [-0.05, 0) is 71.1 Å². The molecular weight excluding hydrogens is 252 g/mol. The zero-order valence-corrected chi connectivity index (χ0v) is 13.2. The van der Waals surface area contributed by atoms with Gasteiger partial charge in [0.15, 0.2) is 0 Å². The van der Waals surface area contributed by atoms with Crippen LogP contribution in [0.5, 0.6) is 0 Å². The molecule has 0 radical (unpaired) electrons. The van der Waals surface area contributed by atoms with Crippen LogP contribution in [-0.2, 0) is 9.59 Å². The standard InChI is InChI=1S/C16H28N2O2/c1-10(15(20)18-16(2,3)4)17-14(19)9-13(11-5-6-11)12-7-8-12/h10-13H,5-9H2,1-4H3,(H,17,19)(H,18,20). The zero-order chi connectivity index (χ0) is 14.9. The Bertz CT molecular complexity index is 366. The molecule has 114 valence electrons. The predicted molar refractivity (Wildman–Crippen MR) is 79.1 cm³/mol. The molecule has 0 aliphatic heterocycles. The normalized spacial score (nSPS) is 20.6. The minimum atomic E-state index is -0.458. The van der Waals surface area contributed by atoms with Gasteiger partial charge in [0.05, 0.1) is 0 Å². The van der Waals surface area contributed by atoms with E-state index in [0.717, 1.165) is 11.8 Å². The third-order valence-corrected chi connectivity index (χ3v) is 4.15. The van der Waals surface area contributed by atoms with Crippen LogP contribution in [0.2, 0.25) is 0 Å². The number of hydrogen-bond acceptors (Lipinski definition) is 2. The molecule has 2 saturated carbocycles. The maximum atomic E-state index is 12.1. The van der Waals surface area contributed by atoms with Gasteiger partial charge in [-0.25, -0.2) is 0 Å². The van der Waals surface area contributed by atoms with Crippen molar-refractivity contribution in [2.45, 2.75) is 71.4 Å². The zero-order valence-electron chi connectivity index (χ0n) is 13.2. The van der Waals surface area contributed by atoms with Gasteiger partial charge in [0.2, 0.25) is 11.8 Å². The van der Waals surface area contributed by atoms with E-state index >= 15 is 0 Å². The fourth-order valence-electron chi connectivity index (χ4n) is 2.82. The highest BCUT2D eigenvalue weighted by Gasteiger charge is 2.42. The van der Waals surface area contributed by atoms with Crippen LogP contribution in [0.4, 0.5) is 0 Å². The molecule has 0 aromatic carbocycles. The fourth-order valence-corrected chi connectivity index (χ4v) is 2.82. The van der Waals surface area contributed by atoms with Gasteiger partial charge in [-0.15, -0.1) is 0 Å². The first kappa shape index (κ1) is 15.3. The maximum absolute atomic E-state index is 12.1. The summed E-state index contributed by atoms with van der Waals surface area (Å²) < 4.78 is 0. The second-order valence-corrected chi connectivity index (χ2v) is 7.57. The van der Waals surface area contributed by atoms with Crippen LogP contribution in [0.1, 0.15) is 59.8 Å². The number of amides is 2. The summed E-state index contributed by atoms with van der Waals surface area (Å²) in [6.07, 6.45) is 5.74. The maximum Gasteiger partial charge on any atom is 0.242 e. The van der Waals surface area contributed by atoms with Crippen molar-refractivity contribution >= 4 is 11.8 Å². The van der Waals surface area contributed by atoms with E-state index < -0.39 is 6.04 Å². The summed E-state index contributed by atoms with van der Waals surface area (Å²) in [6.45, 7) is 7.57. The van der Waals surface area contributed by atoms with Gasteiger partial charge in [0.1, 0.15) is 6.04 Å². The summed E-state index contributed by atoms with van der Waals surface area (Å²) in [5, 5.41) is 5.74. The van der Waals surface area contributed by atoms with Gasteiger partial charge >= 0.3 is 0 Å². The first-order valence-corrected chi connectivity index (χ1v) is 7.87. The summed E-state index contributed by atoms with van der Waals surface area (Å²) in [6, 6.07) is -0.458. The van der Waals surface area contributed by atoms with Crippen molar-refractivity contribution in [2.75, 3.05) is 0 Å². The van der Waals surface area contributed by atoms with Crippen molar-refractivity contribution in [1.82, 2.24) is 10.6 Å². The molecule has 0 aromatic heterocycles. The molecule has 0 spiro atoms. The Labute approximate surface area is 122 Å². The Morgan fingerprint density at radius 1 is 1.10 bits per heavy atom. The Kier molecular flexibility index (Phi) is 4.40. The van der Waals surface area contributed by atoms with Crippen molar-refractivity contribution in [1.29, 1.82) is 0 Å². The van der Waals surface area contributed by atoms with E-state index in [1.54, 1.807) is 6.92 Å². The minimum Gasteiger partial charge on any atom is -0.350 e. The topological polar surface area (TPSA) is 58.2 Å². The molecule has 0 heterocycles. The van der Waals surface area contributed by atoms with E-state index in [1.165, 1.54) is 25.7 Å². The third-order valence-electron chi connectivity index (χ3n) is 4.15. The van der Waals surface area contributed by atoms with Crippen molar-refractivity contribution in [2.24, 2.45) is 17.8 Å². The SMILES string of the molecule is CC(NC(=O)CC(C1CC1)C1CC1)C(=O)NC(C)(C)C. The van der Waals surface area contributed by atoms with E-state index in [0.29, 0.717) is 12.3 Å². The summed E-state index contributed by atoms with van der Waals surface area (Å²) >= 11 is 0. The van der Waals surface area contributed by atoms with E-state index in [9.17, 15) is 9.59 Å². The highest BCUT2D eigenvalue weighted by molar-refractivity contribution is 5.87. The van der Waals surface area contributed by atoms with Crippen LogP contribution in [-0.4, -0.2) is 23.4 Å². The lowest BCUT2D eigenvalue weighted by Crippen LogP contribution is -2.51. The summed E-state index contributed by atoms with van der Waals surface area (Å²) in [7, 11) is 0. The Hall–Kier alpha value is -1.06. The van der Waals surface area contributed by atoms with Gasteiger partial charge in [-0.1, -0.05) is 0 Å². The molecule has 1 atom stereocenters. The molecular formula is C16H28N2O2. The number of rotatable bonds is 6. The predicted octanol–water partition coefficient (Wildman–Crippen LogP) is 2.23. The molecule has 2 aliphatic carbocycles. The molecule has 2 rings (SSSR count). The highest BCUT2D eigenvalue weighted by atomic mass is 16.2. The highest BCUT2D eigenvalue weighted by Crippen LogP contribution is 2.50. The quantitative estimate of drug-likeness (QED) is 0.784. The smallest absolute Gasteiger partial charge is 0.242 e. The second-order valence-electron chi connectivity index (χ2n) is 7.57. The average molecular weight is 280 g/mol. The average Bonchev–Trinajstić information content (AvgIpc) is 3.14. The summed E-state index contributed by atoms with van der Waals surface area (Å²) in [5.41, 5.74) is -0.263. The molecule has 4 heteroatoms. The van der Waals surface area contributed by atoms with Crippen LogP contribution in [0.15, 0.2) is 0 Å². The van der Waals surface area contributed by atoms with Gasteiger partial charge in [0, 0.05) is 12.0 Å². The van der Waals surface area contributed by atoms with Crippen LogP contribution >= 0.6 is 0 Å². The van der Waals surface area contributed by atoms with Crippen LogP contribution in [0.3, 0.4) is 0 Å². The first-order valence-electron chi connectivity index (χ1n) is 7.87. The molecule has 20 heavy (non-hydrogen) atoms. The van der Waals surface area contributed by atoms with Gasteiger partial charge < -0.3 is 10.6 Å². The van der Waals surface area contributed by atoms with E-state index in [4.69, 9.17) is 0 Å². The minimum absolute atomic E-state index is 0.0327. The molecule has 2 N–H and O–H groups in total. The van der Waals surface area contributed by atoms with Crippen molar-refractivity contribution < 1.29 is 9.59 Å². The van der Waals surface area contributed by atoms with Gasteiger partial charge in [0.25, 0.3) is 0 Å². The lowest BCUT2D eigenvalue weighted by molar-refractivity contribution is -0.130. The first-order chi connectivity index (χ1) is 9.26. The number of hydrogen-bond donors (Lipinski definition) is 2. The molecule has 0 bridgehead atoms. The second kappa shape index (κ2) is 5.74. The van der Waals surface area contributed by atoms with Crippen LogP contribution < -0.4 is 10.6 Å². The lowest BCUT2D eigenvalue weighted by atomic mass is 9.93. The Balaban J connectivity index is 1.76. The van der Waals surface area contributed by atoms with Gasteiger partial charge in [-0.2, -0.15) is 0 Å². The van der Waals surface area contributed by atoms with Crippen LogP contribution in [0, 0.1) is 17.8 Å². The lowest BCUT2D eigenvalue weighted by Gasteiger charge is -2.24. The van der Waals surface area contributed by atoms with E-state index in [2.05, 4.69) is 10.6 Å². The Morgan fingerprint density at radius 2 is 1.60 bits per heavy atom. The molecule has 2 fully saturated rings. The van der Waals surface area contributed by atoms with Crippen molar-refractivity contribution in [3.63, 3.8) is 0 Å².